The second-order valence-electron chi connectivity index (χ2n) is 10.4. The summed E-state index contributed by atoms with van der Waals surface area (Å²) in [6.45, 7) is 5.39. The van der Waals surface area contributed by atoms with Crippen molar-refractivity contribution in [3.63, 3.8) is 0 Å². The van der Waals surface area contributed by atoms with Crippen molar-refractivity contribution in [1.82, 2.24) is 34.0 Å². The number of amides is 1. The third kappa shape index (κ3) is 5.09. The molecule has 5 heterocycles. The lowest BCUT2D eigenvalue weighted by molar-refractivity contribution is 0.0706. The molecule has 0 fully saturated rings. The van der Waals surface area contributed by atoms with E-state index in [2.05, 4.69) is 16.0 Å². The SMILES string of the molecule is CCN(CCOC)C(=O)c1ccc(-c2c(C(C)n3nc(-c4cc(O)cc(F)c4)c4c(N)ncnc43)cc3ccccn23)nc1. The highest BCUT2D eigenvalue weighted by molar-refractivity contribution is 5.98. The van der Waals surface area contributed by atoms with Gasteiger partial charge in [0.05, 0.1) is 35.0 Å². The molecule has 44 heavy (non-hydrogen) atoms. The fraction of sp³-hybridized carbons (Fsp3) is 0.219. The van der Waals surface area contributed by atoms with Crippen molar-refractivity contribution in [3.05, 3.63) is 90.3 Å². The number of carbonyl (C=O) groups excluding carboxylic acids is 1. The molecule has 224 valence electrons. The summed E-state index contributed by atoms with van der Waals surface area (Å²) in [5.74, 6) is -0.779. The number of likely N-dealkylation sites (N-methyl/N-ethyl adjacent to an activating group) is 1. The van der Waals surface area contributed by atoms with Crippen LogP contribution in [-0.2, 0) is 4.74 Å². The number of nitrogen functional groups attached to an aromatic ring is 1. The molecule has 1 atom stereocenters. The van der Waals surface area contributed by atoms with E-state index >= 15 is 0 Å². The largest absolute Gasteiger partial charge is 0.508 e. The minimum atomic E-state index is -0.610. The quantitative estimate of drug-likeness (QED) is 0.240. The van der Waals surface area contributed by atoms with Crippen molar-refractivity contribution in [3.8, 4) is 28.4 Å². The van der Waals surface area contributed by atoms with Crippen LogP contribution in [0, 0.1) is 5.82 Å². The van der Waals surface area contributed by atoms with Crippen LogP contribution < -0.4 is 5.73 Å². The van der Waals surface area contributed by atoms with Gasteiger partial charge in [-0.2, -0.15) is 5.10 Å². The first-order valence-electron chi connectivity index (χ1n) is 14.1. The smallest absolute Gasteiger partial charge is 0.255 e. The lowest BCUT2D eigenvalue weighted by Crippen LogP contribution is -2.33. The number of nitrogens with two attached hydrogens (primary N) is 1. The molecule has 0 aliphatic carbocycles. The predicted octanol–water partition coefficient (Wildman–Crippen LogP) is 4.95. The number of methoxy groups -OCH3 is 1. The number of nitrogens with zero attached hydrogens (tertiary/aromatic N) is 7. The Kier molecular flexibility index (Phi) is 7.66. The number of pyridine rings is 2. The molecule has 6 aromatic rings. The lowest BCUT2D eigenvalue weighted by atomic mass is 10.1. The first-order valence-corrected chi connectivity index (χ1v) is 14.1. The van der Waals surface area contributed by atoms with E-state index in [1.165, 1.54) is 18.5 Å². The van der Waals surface area contributed by atoms with Crippen LogP contribution in [0.3, 0.4) is 0 Å². The summed E-state index contributed by atoms with van der Waals surface area (Å²) in [5, 5.41) is 15.4. The highest BCUT2D eigenvalue weighted by Crippen LogP contribution is 2.38. The number of hydrogen-bond donors (Lipinski definition) is 2. The molecule has 5 aromatic heterocycles. The van der Waals surface area contributed by atoms with Gasteiger partial charge in [-0.15, -0.1) is 0 Å². The van der Waals surface area contributed by atoms with E-state index < -0.39 is 11.9 Å². The standard InChI is InChI=1S/C32H31FN8O3/c1-4-39(11-12-44-3)32(43)20-8-9-26(35-17-20)29-25(16-23-7-5-6-10-40(23)29)19(2)41-31-27(30(34)36-18-37-31)28(38-41)21-13-22(33)15-24(42)14-21/h5-10,13-19,42H,4,11-12H2,1-3H3,(H2,34,36,37). The maximum absolute atomic E-state index is 14.3. The Bertz CT molecular complexity index is 1970. The number of carbonyl (C=O) groups is 1. The van der Waals surface area contributed by atoms with Crippen LogP contribution in [0.4, 0.5) is 10.2 Å². The lowest BCUT2D eigenvalue weighted by Gasteiger charge is -2.20. The molecule has 0 spiro atoms. The summed E-state index contributed by atoms with van der Waals surface area (Å²) in [6, 6.07) is 14.9. The molecule has 0 saturated carbocycles. The van der Waals surface area contributed by atoms with Crippen LogP contribution in [0.25, 0.3) is 39.2 Å². The van der Waals surface area contributed by atoms with Crippen LogP contribution in [0.15, 0.2) is 73.3 Å². The molecule has 11 nitrogen and oxygen atoms in total. The van der Waals surface area contributed by atoms with Gasteiger partial charge in [-0.25, -0.2) is 19.0 Å². The second-order valence-corrected chi connectivity index (χ2v) is 10.4. The molecule has 6 rings (SSSR count). The van der Waals surface area contributed by atoms with E-state index in [0.717, 1.165) is 22.8 Å². The third-order valence-corrected chi connectivity index (χ3v) is 7.69. The van der Waals surface area contributed by atoms with Crippen molar-refractivity contribution in [2.45, 2.75) is 19.9 Å². The van der Waals surface area contributed by atoms with Crippen molar-refractivity contribution < 1.29 is 19.0 Å². The molecular formula is C32H31FN8O3. The van der Waals surface area contributed by atoms with Gasteiger partial charge in [-0.1, -0.05) is 6.07 Å². The van der Waals surface area contributed by atoms with Gasteiger partial charge in [0.2, 0.25) is 0 Å². The van der Waals surface area contributed by atoms with E-state index in [0.29, 0.717) is 53.2 Å². The first-order chi connectivity index (χ1) is 21.3. The number of phenolic OH excluding ortho intramolecular Hbond substituents is 1. The van der Waals surface area contributed by atoms with E-state index in [-0.39, 0.29) is 17.5 Å². The summed E-state index contributed by atoms with van der Waals surface area (Å²) >= 11 is 0. The van der Waals surface area contributed by atoms with Gasteiger partial charge < -0.3 is 24.9 Å². The molecule has 0 bridgehead atoms. The average Bonchev–Trinajstić information content (AvgIpc) is 3.61. The molecule has 0 saturated heterocycles. The Morgan fingerprint density at radius 2 is 1.98 bits per heavy atom. The molecule has 1 aromatic carbocycles. The zero-order valence-electron chi connectivity index (χ0n) is 24.5. The van der Waals surface area contributed by atoms with E-state index in [1.807, 2.05) is 48.7 Å². The number of benzene rings is 1. The minimum Gasteiger partial charge on any atom is -0.508 e. The number of aromatic hydroxyl groups is 1. The second kappa shape index (κ2) is 11.7. The summed E-state index contributed by atoms with van der Waals surface area (Å²) in [4.78, 5) is 28.2. The number of phenols is 1. The average molecular weight is 595 g/mol. The maximum atomic E-state index is 14.3. The zero-order valence-corrected chi connectivity index (χ0v) is 24.5. The van der Waals surface area contributed by atoms with E-state index in [9.17, 15) is 14.3 Å². The summed E-state index contributed by atoms with van der Waals surface area (Å²) in [6.07, 6.45) is 4.90. The predicted molar refractivity (Wildman–Crippen MR) is 165 cm³/mol. The van der Waals surface area contributed by atoms with Crippen molar-refractivity contribution in [2.75, 3.05) is 32.5 Å². The summed E-state index contributed by atoms with van der Waals surface area (Å²) in [5.41, 5.74) is 11.2. The van der Waals surface area contributed by atoms with Crippen LogP contribution >= 0.6 is 0 Å². The number of rotatable bonds is 9. The molecular weight excluding hydrogens is 563 g/mol. The number of ether oxygens (including phenoxy) is 1. The summed E-state index contributed by atoms with van der Waals surface area (Å²) < 4.78 is 23.2. The normalized spacial score (nSPS) is 12.2. The maximum Gasteiger partial charge on any atom is 0.255 e. The number of halogens is 1. The van der Waals surface area contributed by atoms with Gasteiger partial charge >= 0.3 is 0 Å². The minimum absolute atomic E-state index is 0.117. The van der Waals surface area contributed by atoms with Gasteiger partial charge in [-0.05, 0) is 56.3 Å². The summed E-state index contributed by atoms with van der Waals surface area (Å²) in [7, 11) is 1.61. The van der Waals surface area contributed by atoms with Crippen LogP contribution in [0.1, 0.15) is 35.8 Å². The van der Waals surface area contributed by atoms with Gasteiger partial charge in [0, 0.05) is 55.3 Å². The number of fused-ring (bicyclic) bond motifs is 2. The Balaban J connectivity index is 1.47. The van der Waals surface area contributed by atoms with Crippen LogP contribution in [0.5, 0.6) is 5.75 Å². The first kappa shape index (κ1) is 28.7. The number of hydrogen-bond acceptors (Lipinski definition) is 8. The molecule has 0 aliphatic heterocycles. The van der Waals surface area contributed by atoms with Gasteiger partial charge in [0.15, 0.2) is 5.65 Å². The molecule has 12 heteroatoms. The molecule has 1 amide bonds. The third-order valence-electron chi connectivity index (χ3n) is 7.69. The van der Waals surface area contributed by atoms with E-state index in [1.54, 1.807) is 29.0 Å². The molecule has 0 radical (unpaired) electrons. The Hall–Kier alpha value is -5.36. The van der Waals surface area contributed by atoms with Gasteiger partial charge in [0.25, 0.3) is 5.91 Å². The van der Waals surface area contributed by atoms with Crippen molar-refractivity contribution in [1.29, 1.82) is 0 Å². The zero-order chi connectivity index (χ0) is 31.0. The van der Waals surface area contributed by atoms with Gasteiger partial charge in [-0.3, -0.25) is 9.78 Å². The number of anilines is 1. The Morgan fingerprint density at radius 1 is 1.14 bits per heavy atom. The van der Waals surface area contributed by atoms with Gasteiger partial charge in [0.1, 0.15) is 29.4 Å². The Morgan fingerprint density at radius 3 is 2.70 bits per heavy atom. The topological polar surface area (TPSA) is 137 Å². The highest BCUT2D eigenvalue weighted by Gasteiger charge is 2.26. The molecule has 1 unspecified atom stereocenters. The Labute approximate surface area is 252 Å². The molecule has 3 N–H and O–H groups in total. The van der Waals surface area contributed by atoms with E-state index in [4.69, 9.17) is 20.6 Å². The monoisotopic (exact) mass is 594 g/mol. The molecule has 0 aliphatic rings. The van der Waals surface area contributed by atoms with Crippen LogP contribution in [-0.4, -0.2) is 71.9 Å². The van der Waals surface area contributed by atoms with Crippen LogP contribution in [0.2, 0.25) is 0 Å². The van der Waals surface area contributed by atoms with Crippen molar-refractivity contribution >= 4 is 28.3 Å². The number of aromatic nitrogens is 6. The fourth-order valence-corrected chi connectivity index (χ4v) is 5.49. The van der Waals surface area contributed by atoms with Crippen molar-refractivity contribution in [2.24, 2.45) is 0 Å². The fourth-order valence-electron chi connectivity index (χ4n) is 5.49. The highest BCUT2D eigenvalue weighted by atomic mass is 19.1.